The lowest BCUT2D eigenvalue weighted by Crippen LogP contribution is -2.52. The molecule has 0 atom stereocenters. The van der Waals surface area contributed by atoms with Gasteiger partial charge >= 0.3 is 5.91 Å². The second-order valence-corrected chi connectivity index (χ2v) is 9.96. The van der Waals surface area contributed by atoms with Crippen LogP contribution in [0.15, 0.2) is 28.7 Å². The first-order chi connectivity index (χ1) is 13.3. The van der Waals surface area contributed by atoms with Crippen LogP contribution < -0.4 is 16.2 Å². The number of benzene rings is 1. The first-order valence-electron chi connectivity index (χ1n) is 9.84. The van der Waals surface area contributed by atoms with E-state index in [2.05, 4.69) is 16.2 Å². The third-order valence-electron chi connectivity index (χ3n) is 4.70. The van der Waals surface area contributed by atoms with Crippen molar-refractivity contribution in [1.82, 2.24) is 16.2 Å². The van der Waals surface area contributed by atoms with Crippen LogP contribution in [-0.2, 0) is 5.75 Å². The summed E-state index contributed by atoms with van der Waals surface area (Å²) in [5, 5.41) is 5.15. The highest BCUT2D eigenvalue weighted by Gasteiger charge is 2.23. The summed E-state index contributed by atoms with van der Waals surface area (Å²) in [5.74, 6) is 0.818. The van der Waals surface area contributed by atoms with Crippen LogP contribution in [0.4, 0.5) is 0 Å². The molecule has 7 heteroatoms. The fourth-order valence-corrected chi connectivity index (χ4v) is 5.11. The van der Waals surface area contributed by atoms with Crippen molar-refractivity contribution < 1.29 is 9.21 Å². The zero-order valence-corrected chi connectivity index (χ0v) is 18.4. The van der Waals surface area contributed by atoms with Gasteiger partial charge in [0, 0.05) is 27.5 Å². The smallest absolute Gasteiger partial charge is 0.305 e. The predicted molar refractivity (Wildman–Crippen MR) is 120 cm³/mol. The Hall–Kier alpha value is -1.73. The van der Waals surface area contributed by atoms with Crippen LogP contribution in [0.1, 0.15) is 69.0 Å². The molecule has 1 aliphatic carbocycles. The third kappa shape index (κ3) is 5.64. The van der Waals surface area contributed by atoms with Gasteiger partial charge in [0.05, 0.1) is 0 Å². The van der Waals surface area contributed by atoms with Crippen molar-refractivity contribution >= 4 is 46.0 Å². The Labute approximate surface area is 176 Å². The molecule has 152 valence electrons. The van der Waals surface area contributed by atoms with Crippen LogP contribution in [0.5, 0.6) is 0 Å². The minimum absolute atomic E-state index is 0.185. The zero-order valence-electron chi connectivity index (χ0n) is 16.8. The maximum absolute atomic E-state index is 12.8. The molecule has 0 saturated heterocycles. The fourth-order valence-electron chi connectivity index (χ4n) is 3.40. The summed E-state index contributed by atoms with van der Waals surface area (Å²) >= 11 is 7.17. The number of furan rings is 1. The number of carbonyl (C=O) groups excluding carboxylic acids is 1. The highest BCUT2D eigenvalue weighted by molar-refractivity contribution is 7.99. The Balaban J connectivity index is 1.72. The van der Waals surface area contributed by atoms with Gasteiger partial charge in [-0.25, -0.2) is 0 Å². The molecule has 0 bridgehead atoms. The molecule has 2 aromatic rings. The average molecular weight is 420 g/mol. The zero-order chi connectivity index (χ0) is 20.1. The van der Waals surface area contributed by atoms with Crippen molar-refractivity contribution in [2.45, 2.75) is 69.4 Å². The van der Waals surface area contributed by atoms with E-state index in [1.165, 1.54) is 32.1 Å². The van der Waals surface area contributed by atoms with E-state index < -0.39 is 0 Å². The van der Waals surface area contributed by atoms with E-state index in [4.69, 9.17) is 16.6 Å². The normalized spacial score (nSPS) is 15.4. The molecule has 0 unspecified atom stereocenters. The van der Waals surface area contributed by atoms with Gasteiger partial charge < -0.3 is 9.73 Å². The number of hydrogen-bond acceptors (Lipinski definition) is 4. The largest absolute Gasteiger partial charge is 0.451 e. The highest BCUT2D eigenvalue weighted by Crippen LogP contribution is 2.34. The monoisotopic (exact) mass is 419 g/mol. The van der Waals surface area contributed by atoms with Gasteiger partial charge in [-0.15, -0.1) is 0 Å². The van der Waals surface area contributed by atoms with Gasteiger partial charge in [0.15, 0.2) is 10.9 Å². The van der Waals surface area contributed by atoms with E-state index in [0.29, 0.717) is 16.1 Å². The van der Waals surface area contributed by atoms with Crippen molar-refractivity contribution in [1.29, 1.82) is 0 Å². The summed E-state index contributed by atoms with van der Waals surface area (Å²) in [6, 6.07) is 7.83. The number of fused-ring (bicyclic) bond motifs is 1. The van der Waals surface area contributed by atoms with Crippen molar-refractivity contribution in [2.75, 3.05) is 0 Å². The first-order valence-corrected chi connectivity index (χ1v) is 11.3. The topological polar surface area (TPSA) is 66.3 Å². The summed E-state index contributed by atoms with van der Waals surface area (Å²) in [7, 11) is 0. The third-order valence-corrected chi connectivity index (χ3v) is 6.30. The minimum Gasteiger partial charge on any atom is -0.451 e. The van der Waals surface area contributed by atoms with Gasteiger partial charge in [-0.3, -0.25) is 15.6 Å². The second-order valence-electron chi connectivity index (χ2n) is 8.26. The van der Waals surface area contributed by atoms with Crippen LogP contribution in [-0.4, -0.2) is 21.8 Å². The molecule has 1 saturated carbocycles. The Morgan fingerprint density at radius 2 is 1.89 bits per heavy atom. The van der Waals surface area contributed by atoms with E-state index >= 15 is 0 Å². The number of nitrogens with one attached hydrogen (secondary N) is 3. The summed E-state index contributed by atoms with van der Waals surface area (Å²) in [4.78, 5) is 12.8. The number of thioether (sulfide) groups is 1. The van der Waals surface area contributed by atoms with Crippen molar-refractivity contribution in [3.63, 3.8) is 0 Å². The maximum atomic E-state index is 12.8. The molecule has 0 radical (unpaired) electrons. The second kappa shape index (κ2) is 9.18. The lowest BCUT2D eigenvalue weighted by Gasteiger charge is -2.23. The van der Waals surface area contributed by atoms with Crippen LogP contribution in [0, 0.1) is 0 Å². The molecule has 28 heavy (non-hydrogen) atoms. The van der Waals surface area contributed by atoms with Gasteiger partial charge in [-0.1, -0.05) is 37.5 Å². The van der Waals surface area contributed by atoms with E-state index in [9.17, 15) is 4.79 Å². The molecule has 1 amide bonds. The van der Waals surface area contributed by atoms with E-state index in [-0.39, 0.29) is 11.4 Å². The summed E-state index contributed by atoms with van der Waals surface area (Å²) < 4.78 is 5.91. The molecule has 3 rings (SSSR count). The van der Waals surface area contributed by atoms with E-state index in [0.717, 1.165) is 22.3 Å². The molecule has 1 aromatic carbocycles. The lowest BCUT2D eigenvalue weighted by atomic mass is 10.0. The Morgan fingerprint density at radius 1 is 1.18 bits per heavy atom. The highest BCUT2D eigenvalue weighted by atomic mass is 32.2. The van der Waals surface area contributed by atoms with Crippen LogP contribution in [0.3, 0.4) is 0 Å². The molecule has 1 aromatic heterocycles. The molecule has 1 aliphatic rings. The quantitative estimate of drug-likeness (QED) is 0.484. The summed E-state index contributed by atoms with van der Waals surface area (Å²) in [6.07, 6.45) is 6.47. The van der Waals surface area contributed by atoms with Crippen LogP contribution >= 0.6 is 24.0 Å². The molecule has 0 spiro atoms. The fraction of sp³-hybridized carbons (Fsp3) is 0.524. The summed E-state index contributed by atoms with van der Waals surface area (Å²) in [5.41, 5.74) is 6.95. The Kier molecular flexibility index (Phi) is 6.88. The molecule has 3 N–H and O–H groups in total. The van der Waals surface area contributed by atoms with Gasteiger partial charge in [0.1, 0.15) is 5.58 Å². The Morgan fingerprint density at radius 3 is 2.61 bits per heavy atom. The Bertz CT molecular complexity index is 836. The van der Waals surface area contributed by atoms with Gasteiger partial charge in [0.25, 0.3) is 0 Å². The number of rotatable bonds is 4. The SMILES string of the molecule is CC(C)(C)NC(=S)NNC(=O)c1oc2ccccc2c1CSC1CCCCC1. The number of para-hydroxylation sites is 1. The predicted octanol–water partition coefficient (Wildman–Crippen LogP) is 4.91. The number of carbonyl (C=O) groups is 1. The van der Waals surface area contributed by atoms with Gasteiger partial charge in [-0.2, -0.15) is 11.8 Å². The summed E-state index contributed by atoms with van der Waals surface area (Å²) in [6.45, 7) is 6.01. The van der Waals surface area contributed by atoms with Gasteiger partial charge in [0.2, 0.25) is 0 Å². The molecular formula is C21H29N3O2S2. The first kappa shape index (κ1) is 21.0. The standard InChI is InChI=1S/C21H29N3O2S2/c1-21(2,3)22-20(27)24-23-19(25)18-16(13-28-14-9-5-4-6-10-14)15-11-7-8-12-17(15)26-18/h7-8,11-12,14H,4-6,9-10,13H2,1-3H3,(H,23,25)(H2,22,24,27). The minimum atomic E-state index is -0.312. The number of hydrazine groups is 1. The maximum Gasteiger partial charge on any atom is 0.305 e. The molecular weight excluding hydrogens is 390 g/mol. The molecule has 1 heterocycles. The van der Waals surface area contributed by atoms with Crippen LogP contribution in [0.2, 0.25) is 0 Å². The van der Waals surface area contributed by atoms with Crippen LogP contribution in [0.25, 0.3) is 11.0 Å². The van der Waals surface area contributed by atoms with E-state index in [1.807, 2.05) is 56.8 Å². The number of thiocarbonyl (C=S) groups is 1. The average Bonchev–Trinajstić information content (AvgIpc) is 3.02. The lowest BCUT2D eigenvalue weighted by molar-refractivity contribution is 0.0916. The molecule has 0 aliphatic heterocycles. The van der Waals surface area contributed by atoms with Gasteiger partial charge in [-0.05, 0) is 51.9 Å². The number of hydrogen-bond donors (Lipinski definition) is 3. The molecule has 5 nitrogen and oxygen atoms in total. The molecule has 1 fully saturated rings. The van der Waals surface area contributed by atoms with E-state index in [1.54, 1.807) is 0 Å². The van der Waals surface area contributed by atoms with Crippen molar-refractivity contribution in [3.05, 3.63) is 35.6 Å². The van der Waals surface area contributed by atoms with Crippen molar-refractivity contribution in [3.8, 4) is 0 Å². The number of amides is 1. The van der Waals surface area contributed by atoms with Crippen molar-refractivity contribution in [2.24, 2.45) is 0 Å².